The second kappa shape index (κ2) is 11.0. The Bertz CT molecular complexity index is 870. The minimum absolute atomic E-state index is 0.102. The van der Waals surface area contributed by atoms with Crippen molar-refractivity contribution in [2.24, 2.45) is 10.7 Å². The number of nitrogens with zero attached hydrogens (tertiary/aromatic N) is 2. The Hall–Kier alpha value is -2.28. The standard InChI is InChI=1S/C21H27Cl2N5O/c1-14(18-8-7-17(22)12-19(18)23)27-21(24)26-13-15-5-4-6-16(11-15)20(29)25-9-10-28(2)3/h4-8,11-12,14H,9-10,13H2,1-3H3,(H,25,29)(H3,24,26,27). The Kier molecular flexibility index (Phi) is 8.76. The molecule has 29 heavy (non-hydrogen) atoms. The van der Waals surface area contributed by atoms with Crippen molar-refractivity contribution in [2.75, 3.05) is 27.2 Å². The molecule has 2 aromatic rings. The molecule has 0 aliphatic rings. The van der Waals surface area contributed by atoms with Crippen LogP contribution < -0.4 is 16.4 Å². The number of nitrogens with one attached hydrogen (secondary N) is 2. The summed E-state index contributed by atoms with van der Waals surface area (Å²) in [7, 11) is 3.93. The lowest BCUT2D eigenvalue weighted by atomic mass is 10.1. The van der Waals surface area contributed by atoms with Gasteiger partial charge in [0.2, 0.25) is 0 Å². The van der Waals surface area contributed by atoms with Crippen molar-refractivity contribution >= 4 is 35.1 Å². The van der Waals surface area contributed by atoms with Crippen LogP contribution >= 0.6 is 23.2 Å². The number of aliphatic imine (C=N–C) groups is 1. The fourth-order valence-electron chi connectivity index (χ4n) is 2.68. The lowest BCUT2D eigenvalue weighted by Crippen LogP contribution is -2.34. The van der Waals surface area contributed by atoms with Crippen LogP contribution in [0.3, 0.4) is 0 Å². The van der Waals surface area contributed by atoms with Crippen LogP contribution in [0, 0.1) is 0 Å². The van der Waals surface area contributed by atoms with Gasteiger partial charge in [0, 0.05) is 28.7 Å². The van der Waals surface area contributed by atoms with Gasteiger partial charge in [-0.1, -0.05) is 41.4 Å². The van der Waals surface area contributed by atoms with Crippen molar-refractivity contribution in [1.29, 1.82) is 0 Å². The Labute approximate surface area is 182 Å². The lowest BCUT2D eigenvalue weighted by molar-refractivity contribution is 0.0951. The zero-order chi connectivity index (χ0) is 21.4. The number of carbonyl (C=O) groups is 1. The SMILES string of the molecule is CC(NC(N)=NCc1cccc(C(=O)NCCN(C)C)c1)c1ccc(Cl)cc1Cl. The number of rotatable bonds is 8. The van der Waals surface area contributed by atoms with Gasteiger partial charge >= 0.3 is 0 Å². The van der Waals surface area contributed by atoms with E-state index in [1.807, 2.05) is 50.2 Å². The summed E-state index contributed by atoms with van der Waals surface area (Å²) in [5.74, 6) is 0.194. The normalized spacial score (nSPS) is 12.7. The summed E-state index contributed by atoms with van der Waals surface area (Å²) in [6.45, 7) is 3.68. The monoisotopic (exact) mass is 435 g/mol. The van der Waals surface area contributed by atoms with Crippen molar-refractivity contribution in [3.63, 3.8) is 0 Å². The van der Waals surface area contributed by atoms with Crippen molar-refractivity contribution < 1.29 is 4.79 Å². The summed E-state index contributed by atoms with van der Waals surface area (Å²) in [4.78, 5) is 18.6. The van der Waals surface area contributed by atoms with E-state index in [-0.39, 0.29) is 11.9 Å². The molecule has 6 nitrogen and oxygen atoms in total. The molecular formula is C21H27Cl2N5O. The van der Waals surface area contributed by atoms with Crippen LogP contribution in [0.25, 0.3) is 0 Å². The highest BCUT2D eigenvalue weighted by atomic mass is 35.5. The number of guanidine groups is 1. The molecule has 0 fully saturated rings. The highest BCUT2D eigenvalue weighted by molar-refractivity contribution is 6.35. The molecule has 0 radical (unpaired) electrons. The number of hydrogen-bond donors (Lipinski definition) is 3. The van der Waals surface area contributed by atoms with E-state index in [1.54, 1.807) is 18.2 Å². The molecule has 156 valence electrons. The number of hydrogen-bond acceptors (Lipinski definition) is 3. The molecule has 1 amide bonds. The molecule has 4 N–H and O–H groups in total. The second-order valence-electron chi connectivity index (χ2n) is 6.99. The summed E-state index contributed by atoms with van der Waals surface area (Å²) in [6.07, 6.45) is 0. The predicted octanol–water partition coefficient (Wildman–Crippen LogP) is 3.45. The van der Waals surface area contributed by atoms with E-state index in [9.17, 15) is 4.79 Å². The highest BCUT2D eigenvalue weighted by Crippen LogP contribution is 2.25. The summed E-state index contributed by atoms with van der Waals surface area (Å²) in [5.41, 5.74) is 8.39. The molecule has 2 rings (SSSR count). The Morgan fingerprint density at radius 3 is 2.66 bits per heavy atom. The first-order chi connectivity index (χ1) is 13.8. The summed E-state index contributed by atoms with van der Waals surface area (Å²) in [5, 5.41) is 7.17. The van der Waals surface area contributed by atoms with Crippen LogP contribution in [0.2, 0.25) is 10.0 Å². The van der Waals surface area contributed by atoms with Gasteiger partial charge in [0.25, 0.3) is 5.91 Å². The van der Waals surface area contributed by atoms with Crippen molar-refractivity contribution in [3.8, 4) is 0 Å². The largest absolute Gasteiger partial charge is 0.370 e. The number of amides is 1. The van der Waals surface area contributed by atoms with Gasteiger partial charge in [0.05, 0.1) is 12.6 Å². The van der Waals surface area contributed by atoms with Gasteiger partial charge in [-0.2, -0.15) is 0 Å². The maximum Gasteiger partial charge on any atom is 0.251 e. The Balaban J connectivity index is 1.95. The van der Waals surface area contributed by atoms with Gasteiger partial charge < -0.3 is 21.3 Å². The number of halogens is 2. The van der Waals surface area contributed by atoms with E-state index < -0.39 is 0 Å². The molecule has 0 aromatic heterocycles. The van der Waals surface area contributed by atoms with E-state index in [2.05, 4.69) is 15.6 Å². The third kappa shape index (κ3) is 7.57. The minimum atomic E-state index is -0.127. The smallest absolute Gasteiger partial charge is 0.251 e. The zero-order valence-corrected chi connectivity index (χ0v) is 18.4. The van der Waals surface area contributed by atoms with E-state index >= 15 is 0 Å². The van der Waals surface area contributed by atoms with Crippen LogP contribution in [-0.2, 0) is 6.54 Å². The topological polar surface area (TPSA) is 82.7 Å². The maximum atomic E-state index is 12.3. The van der Waals surface area contributed by atoms with E-state index in [0.29, 0.717) is 34.7 Å². The number of likely N-dealkylation sites (N-methyl/N-ethyl adjacent to an activating group) is 1. The highest BCUT2D eigenvalue weighted by Gasteiger charge is 2.11. The quantitative estimate of drug-likeness (QED) is 0.437. The number of benzene rings is 2. The maximum absolute atomic E-state index is 12.3. The molecule has 1 atom stereocenters. The molecule has 0 saturated heterocycles. The van der Waals surface area contributed by atoms with E-state index in [1.165, 1.54) is 0 Å². The molecule has 0 saturated carbocycles. The van der Waals surface area contributed by atoms with Gasteiger partial charge in [0.15, 0.2) is 5.96 Å². The third-order valence-electron chi connectivity index (χ3n) is 4.26. The average Bonchev–Trinajstić information content (AvgIpc) is 2.66. The molecule has 0 spiro atoms. The summed E-state index contributed by atoms with van der Waals surface area (Å²) >= 11 is 12.2. The first-order valence-electron chi connectivity index (χ1n) is 9.29. The number of nitrogens with two attached hydrogens (primary N) is 1. The number of carbonyl (C=O) groups excluding carboxylic acids is 1. The molecular weight excluding hydrogens is 409 g/mol. The van der Waals surface area contributed by atoms with Crippen LogP contribution in [0.4, 0.5) is 0 Å². The molecule has 8 heteroatoms. The molecule has 0 aliphatic carbocycles. The molecule has 0 heterocycles. The van der Waals surface area contributed by atoms with Gasteiger partial charge in [-0.3, -0.25) is 4.79 Å². The minimum Gasteiger partial charge on any atom is -0.370 e. The molecule has 0 bridgehead atoms. The second-order valence-corrected chi connectivity index (χ2v) is 7.84. The first kappa shape index (κ1) is 23.0. The van der Waals surface area contributed by atoms with Gasteiger partial charge in [-0.15, -0.1) is 0 Å². The van der Waals surface area contributed by atoms with Crippen LogP contribution in [-0.4, -0.2) is 44.0 Å². The van der Waals surface area contributed by atoms with Gasteiger partial charge in [0.1, 0.15) is 0 Å². The van der Waals surface area contributed by atoms with Crippen LogP contribution in [0.5, 0.6) is 0 Å². The van der Waals surface area contributed by atoms with Crippen molar-refractivity contribution in [2.45, 2.75) is 19.5 Å². The fourth-order valence-corrected chi connectivity index (χ4v) is 3.25. The lowest BCUT2D eigenvalue weighted by Gasteiger charge is -2.16. The van der Waals surface area contributed by atoms with Crippen molar-refractivity contribution in [1.82, 2.24) is 15.5 Å². The van der Waals surface area contributed by atoms with Gasteiger partial charge in [-0.25, -0.2) is 4.99 Å². The molecule has 0 aliphatic heterocycles. The first-order valence-corrected chi connectivity index (χ1v) is 10.0. The Morgan fingerprint density at radius 1 is 1.21 bits per heavy atom. The average molecular weight is 436 g/mol. The van der Waals surface area contributed by atoms with Crippen LogP contribution in [0.15, 0.2) is 47.5 Å². The van der Waals surface area contributed by atoms with E-state index in [0.717, 1.165) is 17.7 Å². The molecule has 2 aromatic carbocycles. The molecule has 1 unspecified atom stereocenters. The summed E-state index contributed by atoms with van der Waals surface area (Å²) < 4.78 is 0. The Morgan fingerprint density at radius 2 is 1.97 bits per heavy atom. The zero-order valence-electron chi connectivity index (χ0n) is 16.9. The van der Waals surface area contributed by atoms with Crippen LogP contribution in [0.1, 0.15) is 34.5 Å². The third-order valence-corrected chi connectivity index (χ3v) is 4.82. The van der Waals surface area contributed by atoms with Crippen molar-refractivity contribution in [3.05, 3.63) is 69.2 Å². The summed E-state index contributed by atoms with van der Waals surface area (Å²) in [6, 6.07) is 12.6. The predicted molar refractivity (Wildman–Crippen MR) is 121 cm³/mol. The van der Waals surface area contributed by atoms with Gasteiger partial charge in [-0.05, 0) is 56.4 Å². The van der Waals surface area contributed by atoms with E-state index in [4.69, 9.17) is 28.9 Å². The fraction of sp³-hybridized carbons (Fsp3) is 0.333.